The average Bonchev–Trinajstić information content (AvgIpc) is 2.99. The van der Waals surface area contributed by atoms with Crippen molar-refractivity contribution in [2.75, 3.05) is 5.75 Å². The van der Waals surface area contributed by atoms with Gasteiger partial charge in [-0.2, -0.15) is 0 Å². The molecule has 0 saturated carbocycles. The molecule has 2 nitrogen and oxygen atoms in total. The summed E-state index contributed by atoms with van der Waals surface area (Å²) in [6, 6.07) is 14.1. The molecule has 4 heteroatoms. The van der Waals surface area contributed by atoms with E-state index in [9.17, 15) is 4.79 Å². The topological polar surface area (TPSA) is 29.1 Å². The SMILES string of the molecule is O=C(CSc1ccc2c(c1)CCC2)NCc1ccccc1Cl. The second-order valence-electron chi connectivity index (χ2n) is 5.44. The average molecular weight is 332 g/mol. The van der Waals surface area contributed by atoms with Gasteiger partial charge < -0.3 is 5.32 Å². The summed E-state index contributed by atoms with van der Waals surface area (Å²) in [6.07, 6.45) is 3.61. The molecule has 0 aliphatic heterocycles. The number of thioether (sulfide) groups is 1. The molecule has 0 saturated heterocycles. The Morgan fingerprint density at radius 1 is 1.14 bits per heavy atom. The summed E-state index contributed by atoms with van der Waals surface area (Å²) in [4.78, 5) is 13.1. The van der Waals surface area contributed by atoms with Crippen LogP contribution in [0.3, 0.4) is 0 Å². The van der Waals surface area contributed by atoms with Crippen molar-refractivity contribution in [2.45, 2.75) is 30.7 Å². The first kappa shape index (κ1) is 15.4. The van der Waals surface area contributed by atoms with Gasteiger partial charge in [-0.25, -0.2) is 0 Å². The van der Waals surface area contributed by atoms with Crippen molar-refractivity contribution in [3.05, 3.63) is 64.2 Å². The molecule has 114 valence electrons. The van der Waals surface area contributed by atoms with Crippen LogP contribution in [0, 0.1) is 0 Å². The normalized spacial score (nSPS) is 13.0. The maximum atomic E-state index is 12.0. The highest BCUT2D eigenvalue weighted by molar-refractivity contribution is 8.00. The van der Waals surface area contributed by atoms with E-state index in [1.54, 1.807) is 11.8 Å². The second kappa shape index (κ2) is 7.21. The van der Waals surface area contributed by atoms with E-state index in [-0.39, 0.29) is 5.91 Å². The van der Waals surface area contributed by atoms with Crippen molar-refractivity contribution < 1.29 is 4.79 Å². The molecule has 1 N–H and O–H groups in total. The summed E-state index contributed by atoms with van der Waals surface area (Å²) in [5, 5.41) is 3.61. The summed E-state index contributed by atoms with van der Waals surface area (Å²) in [7, 11) is 0. The lowest BCUT2D eigenvalue weighted by molar-refractivity contribution is -0.118. The van der Waals surface area contributed by atoms with Gasteiger partial charge >= 0.3 is 0 Å². The van der Waals surface area contributed by atoms with Crippen LogP contribution < -0.4 is 5.32 Å². The Kier molecular flexibility index (Phi) is 5.06. The molecule has 0 radical (unpaired) electrons. The molecular weight excluding hydrogens is 314 g/mol. The molecule has 0 spiro atoms. The molecule has 0 heterocycles. The fraction of sp³-hybridized carbons (Fsp3) is 0.278. The van der Waals surface area contributed by atoms with Crippen LogP contribution >= 0.6 is 23.4 Å². The summed E-state index contributed by atoms with van der Waals surface area (Å²) in [6.45, 7) is 0.475. The first-order valence-corrected chi connectivity index (χ1v) is 8.83. The van der Waals surface area contributed by atoms with E-state index >= 15 is 0 Å². The highest BCUT2D eigenvalue weighted by Crippen LogP contribution is 2.27. The molecule has 1 aliphatic carbocycles. The Bertz CT molecular complexity index is 687. The summed E-state index contributed by atoms with van der Waals surface area (Å²) < 4.78 is 0. The number of carbonyl (C=O) groups excluding carboxylic acids is 1. The Labute approximate surface area is 140 Å². The molecule has 0 unspecified atom stereocenters. The molecule has 1 aliphatic rings. The number of rotatable bonds is 5. The number of hydrogen-bond donors (Lipinski definition) is 1. The van der Waals surface area contributed by atoms with Crippen molar-refractivity contribution in [1.82, 2.24) is 5.32 Å². The molecule has 0 aromatic heterocycles. The number of benzene rings is 2. The lowest BCUT2D eigenvalue weighted by atomic mass is 10.1. The molecule has 0 bridgehead atoms. The number of halogens is 1. The minimum absolute atomic E-state index is 0.0328. The van der Waals surface area contributed by atoms with E-state index in [2.05, 4.69) is 23.5 Å². The van der Waals surface area contributed by atoms with Crippen LogP contribution in [0.4, 0.5) is 0 Å². The lowest BCUT2D eigenvalue weighted by Crippen LogP contribution is -2.24. The highest BCUT2D eigenvalue weighted by Gasteiger charge is 2.11. The third kappa shape index (κ3) is 3.84. The van der Waals surface area contributed by atoms with Gasteiger partial charge in [0.05, 0.1) is 5.75 Å². The van der Waals surface area contributed by atoms with Crippen LogP contribution in [0.2, 0.25) is 5.02 Å². The standard InChI is InChI=1S/C18H18ClNOS/c19-17-7-2-1-4-15(17)11-20-18(21)12-22-16-9-8-13-5-3-6-14(13)10-16/h1-2,4,7-10H,3,5-6,11-12H2,(H,20,21). The minimum atomic E-state index is 0.0328. The van der Waals surface area contributed by atoms with E-state index in [0.717, 1.165) is 5.56 Å². The summed E-state index contributed by atoms with van der Waals surface area (Å²) in [5.74, 6) is 0.467. The molecule has 3 rings (SSSR count). The molecule has 1 amide bonds. The summed E-state index contributed by atoms with van der Waals surface area (Å²) in [5.41, 5.74) is 3.86. The molecule has 2 aromatic carbocycles. The smallest absolute Gasteiger partial charge is 0.230 e. The summed E-state index contributed by atoms with van der Waals surface area (Å²) >= 11 is 7.67. The predicted molar refractivity (Wildman–Crippen MR) is 92.5 cm³/mol. The first-order valence-electron chi connectivity index (χ1n) is 7.47. The third-order valence-corrected chi connectivity index (χ3v) is 5.24. The van der Waals surface area contributed by atoms with Crippen LogP contribution in [0.5, 0.6) is 0 Å². The molecule has 0 fully saturated rings. The number of hydrogen-bond acceptors (Lipinski definition) is 2. The van der Waals surface area contributed by atoms with Gasteiger partial charge in [0.25, 0.3) is 0 Å². The van der Waals surface area contributed by atoms with Crippen LogP contribution in [-0.4, -0.2) is 11.7 Å². The number of carbonyl (C=O) groups is 1. The monoisotopic (exact) mass is 331 g/mol. The van der Waals surface area contributed by atoms with Crippen LogP contribution in [0.25, 0.3) is 0 Å². The van der Waals surface area contributed by atoms with Crippen LogP contribution in [0.1, 0.15) is 23.1 Å². The number of aryl methyl sites for hydroxylation is 2. The quantitative estimate of drug-likeness (QED) is 0.830. The van der Waals surface area contributed by atoms with E-state index in [4.69, 9.17) is 11.6 Å². The van der Waals surface area contributed by atoms with Crippen molar-refractivity contribution in [3.8, 4) is 0 Å². The van der Waals surface area contributed by atoms with Gasteiger partial charge in [-0.3, -0.25) is 4.79 Å². The van der Waals surface area contributed by atoms with Gasteiger partial charge in [-0.15, -0.1) is 11.8 Å². The number of amides is 1. The zero-order valence-corrected chi connectivity index (χ0v) is 13.8. The Balaban J connectivity index is 1.49. The fourth-order valence-electron chi connectivity index (χ4n) is 2.67. The number of fused-ring (bicyclic) bond motifs is 1. The van der Waals surface area contributed by atoms with Gasteiger partial charge in [0.1, 0.15) is 0 Å². The zero-order chi connectivity index (χ0) is 15.4. The predicted octanol–water partition coefficient (Wildman–Crippen LogP) is 4.24. The van der Waals surface area contributed by atoms with Crippen LogP contribution in [-0.2, 0) is 24.2 Å². The largest absolute Gasteiger partial charge is 0.351 e. The Hall–Kier alpha value is -1.45. The first-order chi connectivity index (χ1) is 10.7. The van der Waals surface area contributed by atoms with Gasteiger partial charge in [-0.1, -0.05) is 35.9 Å². The van der Waals surface area contributed by atoms with Crippen molar-refractivity contribution in [3.63, 3.8) is 0 Å². The number of nitrogens with one attached hydrogen (secondary N) is 1. The maximum absolute atomic E-state index is 12.0. The molecular formula is C18H18ClNOS. The highest BCUT2D eigenvalue weighted by atomic mass is 35.5. The van der Waals surface area contributed by atoms with Crippen molar-refractivity contribution in [1.29, 1.82) is 0 Å². The van der Waals surface area contributed by atoms with Gasteiger partial charge in [0, 0.05) is 16.5 Å². The fourth-order valence-corrected chi connectivity index (χ4v) is 3.67. The van der Waals surface area contributed by atoms with E-state index < -0.39 is 0 Å². The second-order valence-corrected chi connectivity index (χ2v) is 6.90. The van der Waals surface area contributed by atoms with Crippen molar-refractivity contribution in [2.24, 2.45) is 0 Å². The van der Waals surface area contributed by atoms with Gasteiger partial charge in [0.15, 0.2) is 0 Å². The van der Waals surface area contributed by atoms with Gasteiger partial charge in [0.2, 0.25) is 5.91 Å². The lowest BCUT2D eigenvalue weighted by Gasteiger charge is -2.07. The Morgan fingerprint density at radius 2 is 1.95 bits per heavy atom. The van der Waals surface area contributed by atoms with Crippen LogP contribution in [0.15, 0.2) is 47.4 Å². The molecule has 2 aromatic rings. The van der Waals surface area contributed by atoms with Gasteiger partial charge in [-0.05, 0) is 54.2 Å². The minimum Gasteiger partial charge on any atom is -0.351 e. The maximum Gasteiger partial charge on any atom is 0.230 e. The van der Waals surface area contributed by atoms with E-state index in [1.807, 2.05) is 24.3 Å². The van der Waals surface area contributed by atoms with Crippen molar-refractivity contribution >= 4 is 29.3 Å². The Morgan fingerprint density at radius 3 is 2.82 bits per heavy atom. The van der Waals surface area contributed by atoms with E-state index in [1.165, 1.54) is 35.3 Å². The third-order valence-electron chi connectivity index (χ3n) is 3.87. The molecule has 22 heavy (non-hydrogen) atoms. The zero-order valence-electron chi connectivity index (χ0n) is 12.3. The molecule has 0 atom stereocenters. The van der Waals surface area contributed by atoms with E-state index in [0.29, 0.717) is 17.3 Å².